The van der Waals surface area contributed by atoms with Gasteiger partial charge in [-0.1, -0.05) is 0 Å². The molecule has 0 bridgehead atoms. The number of aromatic nitrogens is 3. The second-order valence-corrected chi connectivity index (χ2v) is 7.48. The topological polar surface area (TPSA) is 48.1 Å². The van der Waals surface area contributed by atoms with Crippen LogP contribution >= 0.6 is 11.3 Å². The summed E-state index contributed by atoms with van der Waals surface area (Å²) < 4.78 is 0. The van der Waals surface area contributed by atoms with Crippen molar-refractivity contribution < 1.29 is 0 Å². The molecule has 0 radical (unpaired) electrons. The van der Waals surface area contributed by atoms with E-state index in [1.54, 1.807) is 0 Å². The van der Waals surface area contributed by atoms with Gasteiger partial charge in [0.25, 0.3) is 0 Å². The van der Waals surface area contributed by atoms with Gasteiger partial charge in [0.1, 0.15) is 0 Å². The van der Waals surface area contributed by atoms with Crippen LogP contribution in [-0.2, 0) is 6.54 Å². The minimum atomic E-state index is 0.599. The molecule has 2 saturated heterocycles. The monoisotopic (exact) mass is 317 g/mol. The molecule has 0 saturated carbocycles. The van der Waals surface area contributed by atoms with E-state index in [1.165, 1.54) is 61.0 Å². The van der Waals surface area contributed by atoms with Crippen LogP contribution in [0.3, 0.4) is 0 Å². The summed E-state index contributed by atoms with van der Waals surface area (Å²) in [5.74, 6) is 0.599. The van der Waals surface area contributed by atoms with Crippen molar-refractivity contribution in [3.8, 4) is 0 Å². The molecule has 2 aromatic heterocycles. The molecule has 1 N–H and O–H groups in total. The first-order valence-electron chi connectivity index (χ1n) is 8.30. The fraction of sp³-hybridized carbons (Fsp3) is 0.625. The van der Waals surface area contributed by atoms with Crippen LogP contribution in [0.4, 0.5) is 5.13 Å². The van der Waals surface area contributed by atoms with Crippen LogP contribution in [0.25, 0.3) is 0 Å². The van der Waals surface area contributed by atoms with Crippen LogP contribution in [0, 0.1) is 0 Å². The van der Waals surface area contributed by atoms with Crippen molar-refractivity contribution in [3.63, 3.8) is 0 Å². The van der Waals surface area contributed by atoms with Gasteiger partial charge in [-0.15, -0.1) is 11.3 Å². The molecular weight excluding hydrogens is 294 g/mol. The molecule has 0 unspecified atom stereocenters. The van der Waals surface area contributed by atoms with Gasteiger partial charge in [-0.05, 0) is 38.3 Å². The number of anilines is 1. The average Bonchev–Trinajstić information content (AvgIpc) is 3.29. The number of H-pyrrole nitrogens is 1. The summed E-state index contributed by atoms with van der Waals surface area (Å²) in [4.78, 5) is 11.0. The molecule has 4 heterocycles. The highest BCUT2D eigenvalue weighted by atomic mass is 32.1. The van der Waals surface area contributed by atoms with Gasteiger partial charge in [-0.25, -0.2) is 4.98 Å². The quantitative estimate of drug-likeness (QED) is 0.942. The summed E-state index contributed by atoms with van der Waals surface area (Å²) in [6, 6.07) is 2.12. The zero-order valence-corrected chi connectivity index (χ0v) is 13.7. The molecule has 2 fully saturated rings. The minimum absolute atomic E-state index is 0.599. The lowest BCUT2D eigenvalue weighted by molar-refractivity contribution is 0.200. The van der Waals surface area contributed by atoms with E-state index >= 15 is 0 Å². The standard InChI is InChI=1S/C16H23N5S/c1-2-9-21(8-1)16-17-10-14(22-16)12-20-7-3-4-13(11-20)15-5-6-18-19-15/h5-6,10,13H,1-4,7-9,11-12H2,(H,18,19)/t13-/m0/s1. The lowest BCUT2D eigenvalue weighted by Crippen LogP contribution is -2.33. The Morgan fingerprint density at radius 3 is 2.95 bits per heavy atom. The molecule has 118 valence electrons. The number of piperidine rings is 1. The maximum Gasteiger partial charge on any atom is 0.185 e. The SMILES string of the molecule is c1cc([C@H]2CCCN(Cc3cnc(N4CCCC4)s3)C2)[nH]n1. The molecular formula is C16H23N5S. The number of hydrogen-bond donors (Lipinski definition) is 1. The van der Waals surface area contributed by atoms with E-state index < -0.39 is 0 Å². The van der Waals surface area contributed by atoms with Crippen LogP contribution in [-0.4, -0.2) is 46.3 Å². The van der Waals surface area contributed by atoms with E-state index in [-0.39, 0.29) is 0 Å². The van der Waals surface area contributed by atoms with Gasteiger partial charge < -0.3 is 4.90 Å². The zero-order chi connectivity index (χ0) is 14.8. The second kappa shape index (κ2) is 6.38. The summed E-state index contributed by atoms with van der Waals surface area (Å²) in [5.41, 5.74) is 1.28. The van der Waals surface area contributed by atoms with Crippen molar-refractivity contribution in [1.82, 2.24) is 20.1 Å². The molecule has 2 aliphatic heterocycles. The van der Waals surface area contributed by atoms with Gasteiger partial charge >= 0.3 is 0 Å². The molecule has 1 atom stereocenters. The molecule has 0 aromatic carbocycles. The van der Waals surface area contributed by atoms with Crippen LogP contribution in [0.2, 0.25) is 0 Å². The number of thiazole rings is 1. The molecule has 0 amide bonds. The fourth-order valence-corrected chi connectivity index (χ4v) is 4.60. The van der Waals surface area contributed by atoms with Gasteiger partial charge in [-0.2, -0.15) is 5.10 Å². The van der Waals surface area contributed by atoms with Crippen molar-refractivity contribution in [2.45, 2.75) is 38.1 Å². The summed E-state index contributed by atoms with van der Waals surface area (Å²) in [6.07, 6.45) is 9.10. The molecule has 4 rings (SSSR count). The molecule has 0 aliphatic carbocycles. The molecule has 2 aromatic rings. The second-order valence-electron chi connectivity index (χ2n) is 6.39. The van der Waals surface area contributed by atoms with Crippen LogP contribution in [0.15, 0.2) is 18.5 Å². The fourth-order valence-electron chi connectivity index (χ4n) is 3.59. The largest absolute Gasteiger partial charge is 0.348 e. The van der Waals surface area contributed by atoms with Gasteiger partial charge in [0.15, 0.2) is 5.13 Å². The van der Waals surface area contributed by atoms with E-state index in [1.807, 2.05) is 17.5 Å². The normalized spacial score (nSPS) is 23.3. The smallest absolute Gasteiger partial charge is 0.185 e. The lowest BCUT2D eigenvalue weighted by atomic mass is 9.95. The summed E-state index contributed by atoms with van der Waals surface area (Å²) >= 11 is 1.88. The van der Waals surface area contributed by atoms with E-state index in [0.717, 1.165) is 13.1 Å². The number of rotatable bonds is 4. The van der Waals surface area contributed by atoms with Gasteiger partial charge in [-0.3, -0.25) is 10.00 Å². The summed E-state index contributed by atoms with van der Waals surface area (Å²) in [5, 5.41) is 8.45. The molecule has 2 aliphatic rings. The maximum atomic E-state index is 4.63. The number of hydrogen-bond acceptors (Lipinski definition) is 5. The number of aromatic amines is 1. The third-order valence-electron chi connectivity index (χ3n) is 4.77. The molecule has 0 spiro atoms. The Labute approximate surface area is 135 Å². The maximum absolute atomic E-state index is 4.63. The van der Waals surface area contributed by atoms with Crippen molar-refractivity contribution in [3.05, 3.63) is 29.0 Å². The lowest BCUT2D eigenvalue weighted by Gasteiger charge is -2.31. The predicted molar refractivity (Wildman–Crippen MR) is 89.4 cm³/mol. The Morgan fingerprint density at radius 2 is 2.14 bits per heavy atom. The first kappa shape index (κ1) is 14.2. The number of nitrogens with one attached hydrogen (secondary N) is 1. The highest BCUT2D eigenvalue weighted by molar-refractivity contribution is 7.15. The zero-order valence-electron chi connectivity index (χ0n) is 12.9. The van der Waals surface area contributed by atoms with Crippen molar-refractivity contribution in [2.24, 2.45) is 0 Å². The van der Waals surface area contributed by atoms with Gasteiger partial charge in [0.05, 0.1) is 0 Å². The molecule has 6 heteroatoms. The Bertz CT molecular complexity index is 587. The first-order chi connectivity index (χ1) is 10.9. The van der Waals surface area contributed by atoms with Gasteiger partial charge in [0.2, 0.25) is 0 Å². The Kier molecular flexibility index (Phi) is 4.12. The third-order valence-corrected chi connectivity index (χ3v) is 5.81. The number of likely N-dealkylation sites (tertiary alicyclic amines) is 1. The summed E-state index contributed by atoms with van der Waals surface area (Å²) in [7, 11) is 0. The first-order valence-corrected chi connectivity index (χ1v) is 9.11. The minimum Gasteiger partial charge on any atom is -0.348 e. The Hall–Kier alpha value is -1.40. The summed E-state index contributed by atoms with van der Waals surface area (Å²) in [6.45, 7) is 5.72. The van der Waals surface area contributed by atoms with E-state index in [2.05, 4.69) is 37.2 Å². The number of nitrogens with zero attached hydrogens (tertiary/aromatic N) is 4. The van der Waals surface area contributed by atoms with Gasteiger partial charge in [0, 0.05) is 55.1 Å². The Balaban J connectivity index is 1.38. The van der Waals surface area contributed by atoms with Crippen molar-refractivity contribution >= 4 is 16.5 Å². The van der Waals surface area contributed by atoms with E-state index in [4.69, 9.17) is 0 Å². The highest BCUT2D eigenvalue weighted by Crippen LogP contribution is 2.29. The van der Waals surface area contributed by atoms with Crippen molar-refractivity contribution in [1.29, 1.82) is 0 Å². The van der Waals surface area contributed by atoms with Crippen LogP contribution < -0.4 is 4.90 Å². The van der Waals surface area contributed by atoms with E-state index in [9.17, 15) is 0 Å². The van der Waals surface area contributed by atoms with Crippen LogP contribution in [0.1, 0.15) is 42.2 Å². The third kappa shape index (κ3) is 3.03. The van der Waals surface area contributed by atoms with E-state index in [0.29, 0.717) is 5.92 Å². The average molecular weight is 317 g/mol. The Morgan fingerprint density at radius 1 is 1.23 bits per heavy atom. The highest BCUT2D eigenvalue weighted by Gasteiger charge is 2.23. The molecule has 5 nitrogen and oxygen atoms in total. The van der Waals surface area contributed by atoms with Crippen molar-refractivity contribution in [2.75, 3.05) is 31.1 Å². The predicted octanol–water partition coefficient (Wildman–Crippen LogP) is 2.85. The van der Waals surface area contributed by atoms with Crippen LogP contribution in [0.5, 0.6) is 0 Å². The molecule has 22 heavy (non-hydrogen) atoms.